The Kier molecular flexibility index (Phi) is 4.08. The highest BCUT2D eigenvalue weighted by atomic mass is 79.9. The molecule has 0 fully saturated rings. The first kappa shape index (κ1) is 14.5. The third kappa shape index (κ3) is 2.67. The van der Waals surface area contributed by atoms with Crippen molar-refractivity contribution in [2.45, 2.75) is 20.5 Å². The van der Waals surface area contributed by atoms with Gasteiger partial charge in [-0.05, 0) is 35.8 Å². The molecule has 1 aromatic carbocycles. The predicted octanol–water partition coefficient (Wildman–Crippen LogP) is 3.29. The van der Waals surface area contributed by atoms with Crippen molar-refractivity contribution in [1.29, 1.82) is 0 Å². The Balaban J connectivity index is 2.28. The molecule has 0 amide bonds. The predicted molar refractivity (Wildman–Crippen MR) is 77.8 cm³/mol. The van der Waals surface area contributed by atoms with Gasteiger partial charge in [0, 0.05) is 12.6 Å². The molecule has 6 nitrogen and oxygen atoms in total. The second-order valence-electron chi connectivity index (χ2n) is 4.44. The van der Waals surface area contributed by atoms with Gasteiger partial charge in [-0.2, -0.15) is 5.10 Å². The van der Waals surface area contributed by atoms with Crippen molar-refractivity contribution >= 4 is 21.6 Å². The van der Waals surface area contributed by atoms with E-state index in [2.05, 4.69) is 21.0 Å². The van der Waals surface area contributed by atoms with Crippen molar-refractivity contribution in [2.75, 3.05) is 0 Å². The first-order chi connectivity index (χ1) is 9.41. The molecule has 7 heteroatoms. The molecule has 0 atom stereocenters. The maximum atomic E-state index is 11.1. The van der Waals surface area contributed by atoms with E-state index in [0.717, 1.165) is 15.9 Å². The molecule has 20 heavy (non-hydrogen) atoms. The van der Waals surface area contributed by atoms with E-state index in [0.29, 0.717) is 5.56 Å². The van der Waals surface area contributed by atoms with E-state index in [9.17, 15) is 10.1 Å². The van der Waals surface area contributed by atoms with Gasteiger partial charge in [0.25, 0.3) is 0 Å². The number of hydrogen-bond acceptors (Lipinski definition) is 4. The summed E-state index contributed by atoms with van der Waals surface area (Å²) in [5, 5.41) is 15.3. The van der Waals surface area contributed by atoms with Crippen LogP contribution in [0.15, 0.2) is 22.7 Å². The molecule has 1 aromatic heterocycles. The zero-order valence-corrected chi connectivity index (χ0v) is 13.0. The van der Waals surface area contributed by atoms with Crippen molar-refractivity contribution in [3.05, 3.63) is 49.7 Å². The molecule has 0 saturated carbocycles. The van der Waals surface area contributed by atoms with Gasteiger partial charge in [0.15, 0.2) is 5.75 Å². The SMILES string of the molecule is Cc1cccc(OCc2c(Br)c(C)nn2C)c1[N+](=O)[O-]. The molecule has 2 rings (SSSR count). The van der Waals surface area contributed by atoms with E-state index in [1.807, 2.05) is 6.92 Å². The zero-order chi connectivity index (χ0) is 14.9. The number of para-hydroxylation sites is 1. The summed E-state index contributed by atoms with van der Waals surface area (Å²) in [4.78, 5) is 10.7. The van der Waals surface area contributed by atoms with Crippen LogP contribution in [-0.4, -0.2) is 14.7 Å². The first-order valence-electron chi connectivity index (χ1n) is 5.96. The average molecular weight is 340 g/mol. The largest absolute Gasteiger partial charge is 0.480 e. The molecule has 0 spiro atoms. The summed E-state index contributed by atoms with van der Waals surface area (Å²) in [5.74, 6) is 0.265. The van der Waals surface area contributed by atoms with Gasteiger partial charge in [0.05, 0.1) is 20.8 Å². The van der Waals surface area contributed by atoms with Gasteiger partial charge in [0.1, 0.15) is 6.61 Å². The highest BCUT2D eigenvalue weighted by Gasteiger charge is 2.19. The quantitative estimate of drug-likeness (QED) is 0.633. The van der Waals surface area contributed by atoms with Crippen LogP contribution in [0.4, 0.5) is 5.69 Å². The van der Waals surface area contributed by atoms with E-state index in [-0.39, 0.29) is 18.0 Å². The molecule has 0 aliphatic carbocycles. The zero-order valence-electron chi connectivity index (χ0n) is 11.4. The van der Waals surface area contributed by atoms with Crippen LogP contribution in [0.5, 0.6) is 5.75 Å². The Bertz CT molecular complexity index is 667. The summed E-state index contributed by atoms with van der Waals surface area (Å²) in [6, 6.07) is 5.03. The molecule has 106 valence electrons. The van der Waals surface area contributed by atoms with Crippen molar-refractivity contribution in [1.82, 2.24) is 9.78 Å². The first-order valence-corrected chi connectivity index (χ1v) is 6.76. The van der Waals surface area contributed by atoms with Crippen LogP contribution < -0.4 is 4.74 Å². The molecular formula is C13H14BrN3O3. The van der Waals surface area contributed by atoms with Gasteiger partial charge < -0.3 is 4.74 Å². The van der Waals surface area contributed by atoms with Crippen LogP contribution in [0, 0.1) is 24.0 Å². The minimum absolute atomic E-state index is 0.00233. The lowest BCUT2D eigenvalue weighted by Gasteiger charge is -2.08. The second-order valence-corrected chi connectivity index (χ2v) is 5.23. The summed E-state index contributed by atoms with van der Waals surface area (Å²) >= 11 is 3.44. The molecule has 0 N–H and O–H groups in total. The maximum Gasteiger partial charge on any atom is 0.313 e. The standard InChI is InChI=1S/C13H14BrN3O3/c1-8-5-4-6-11(13(8)17(18)19)20-7-10-12(14)9(2)15-16(10)3/h4-6H,7H2,1-3H3. The Morgan fingerprint density at radius 2 is 2.15 bits per heavy atom. The Hall–Kier alpha value is -1.89. The highest BCUT2D eigenvalue weighted by molar-refractivity contribution is 9.10. The fourth-order valence-electron chi connectivity index (χ4n) is 1.97. The van der Waals surface area contributed by atoms with Crippen LogP contribution in [-0.2, 0) is 13.7 Å². The van der Waals surface area contributed by atoms with Gasteiger partial charge in [-0.25, -0.2) is 0 Å². The number of aromatic nitrogens is 2. The molecule has 1 heterocycles. The number of aryl methyl sites for hydroxylation is 3. The third-order valence-corrected chi connectivity index (χ3v) is 4.04. The van der Waals surface area contributed by atoms with E-state index in [1.54, 1.807) is 36.9 Å². The molecule has 0 unspecified atom stereocenters. The number of rotatable bonds is 4. The van der Waals surface area contributed by atoms with Crippen LogP contribution in [0.3, 0.4) is 0 Å². The smallest absolute Gasteiger partial charge is 0.313 e. The van der Waals surface area contributed by atoms with Crippen LogP contribution >= 0.6 is 15.9 Å². The van der Waals surface area contributed by atoms with Crippen LogP contribution in [0.25, 0.3) is 0 Å². The molecule has 0 saturated heterocycles. The number of halogens is 1. The minimum atomic E-state index is -0.422. The summed E-state index contributed by atoms with van der Waals surface area (Å²) in [6.45, 7) is 3.78. The summed E-state index contributed by atoms with van der Waals surface area (Å²) in [7, 11) is 1.81. The van der Waals surface area contributed by atoms with Gasteiger partial charge in [-0.15, -0.1) is 0 Å². The fourth-order valence-corrected chi connectivity index (χ4v) is 2.42. The van der Waals surface area contributed by atoms with Crippen molar-refractivity contribution in [3.8, 4) is 5.75 Å². The number of hydrogen-bond donors (Lipinski definition) is 0. The molecule has 0 aliphatic heterocycles. The van der Waals surface area contributed by atoms with Gasteiger partial charge in [-0.3, -0.25) is 14.8 Å². The summed E-state index contributed by atoms with van der Waals surface area (Å²) in [6.07, 6.45) is 0. The minimum Gasteiger partial charge on any atom is -0.480 e. The van der Waals surface area contributed by atoms with Gasteiger partial charge in [0.2, 0.25) is 0 Å². The number of nitro groups is 1. The van der Waals surface area contributed by atoms with Gasteiger partial charge >= 0.3 is 5.69 Å². The highest BCUT2D eigenvalue weighted by Crippen LogP contribution is 2.31. The summed E-state index contributed by atoms with van der Waals surface area (Å²) < 4.78 is 8.16. The van der Waals surface area contributed by atoms with E-state index < -0.39 is 4.92 Å². The Morgan fingerprint density at radius 1 is 1.45 bits per heavy atom. The van der Waals surface area contributed by atoms with Crippen LogP contribution in [0.2, 0.25) is 0 Å². The van der Waals surface area contributed by atoms with Crippen molar-refractivity contribution in [3.63, 3.8) is 0 Å². The molecule has 0 bridgehead atoms. The lowest BCUT2D eigenvalue weighted by molar-refractivity contribution is -0.386. The van der Waals surface area contributed by atoms with E-state index in [4.69, 9.17) is 4.74 Å². The average Bonchev–Trinajstić information content (AvgIpc) is 2.61. The lowest BCUT2D eigenvalue weighted by Crippen LogP contribution is -2.05. The van der Waals surface area contributed by atoms with Crippen molar-refractivity contribution in [2.24, 2.45) is 7.05 Å². The van der Waals surface area contributed by atoms with E-state index >= 15 is 0 Å². The van der Waals surface area contributed by atoms with Gasteiger partial charge in [-0.1, -0.05) is 12.1 Å². The third-order valence-electron chi connectivity index (χ3n) is 3.01. The molecule has 2 aromatic rings. The molecule has 0 aliphatic rings. The second kappa shape index (κ2) is 5.62. The Morgan fingerprint density at radius 3 is 2.70 bits per heavy atom. The number of benzene rings is 1. The van der Waals surface area contributed by atoms with Crippen molar-refractivity contribution < 1.29 is 9.66 Å². The molecule has 0 radical (unpaired) electrons. The number of ether oxygens (including phenoxy) is 1. The number of nitrogens with zero attached hydrogens (tertiary/aromatic N) is 3. The van der Waals surface area contributed by atoms with Crippen LogP contribution in [0.1, 0.15) is 17.0 Å². The summed E-state index contributed by atoms with van der Waals surface area (Å²) in [5.41, 5.74) is 2.26. The monoisotopic (exact) mass is 339 g/mol. The topological polar surface area (TPSA) is 70.2 Å². The number of nitro benzene ring substituents is 1. The molecular weight excluding hydrogens is 326 g/mol. The maximum absolute atomic E-state index is 11.1. The normalized spacial score (nSPS) is 10.6. The fraction of sp³-hybridized carbons (Fsp3) is 0.308. The van der Waals surface area contributed by atoms with E-state index in [1.165, 1.54) is 0 Å². The Labute approximate surface area is 124 Å². The lowest BCUT2D eigenvalue weighted by atomic mass is 10.2.